The van der Waals surface area contributed by atoms with E-state index in [-0.39, 0.29) is 18.0 Å². The Morgan fingerprint density at radius 2 is 2.04 bits per heavy atom. The molecule has 2 heterocycles. The minimum Gasteiger partial charge on any atom is -0.497 e. The van der Waals surface area contributed by atoms with E-state index in [1.165, 1.54) is 18.1 Å². The lowest BCUT2D eigenvalue weighted by atomic mass is 9.76. The summed E-state index contributed by atoms with van der Waals surface area (Å²) in [5.41, 5.74) is -0.897. The molecule has 130 valence electrons. The van der Waals surface area contributed by atoms with Crippen molar-refractivity contribution in [1.82, 2.24) is 9.80 Å². The SMILES string of the molecule is COc1cccc(C(=O)N2CC(F)(F)CC3(CCN(C)C3=O)C2)c1. The first kappa shape index (κ1) is 16.7. The molecule has 2 fully saturated rings. The molecule has 24 heavy (non-hydrogen) atoms. The number of likely N-dealkylation sites (tertiary alicyclic amines) is 2. The van der Waals surface area contributed by atoms with Crippen molar-refractivity contribution in [1.29, 1.82) is 0 Å². The Morgan fingerprint density at radius 3 is 2.67 bits per heavy atom. The molecule has 1 spiro atoms. The number of carbonyl (C=O) groups is 2. The molecule has 0 aliphatic carbocycles. The van der Waals surface area contributed by atoms with Gasteiger partial charge < -0.3 is 14.5 Å². The first-order chi connectivity index (χ1) is 11.3. The van der Waals surface area contributed by atoms with Crippen LogP contribution in [-0.2, 0) is 4.79 Å². The van der Waals surface area contributed by atoms with E-state index in [1.807, 2.05) is 0 Å². The van der Waals surface area contributed by atoms with Crippen LogP contribution in [0.25, 0.3) is 0 Å². The van der Waals surface area contributed by atoms with Gasteiger partial charge in [-0.05, 0) is 24.6 Å². The first-order valence-corrected chi connectivity index (χ1v) is 7.83. The molecule has 0 bridgehead atoms. The standard InChI is InChI=1S/C17H20F2N2O3/c1-20-7-6-16(15(20)23)9-17(18,19)11-21(10-16)14(22)12-4-3-5-13(8-12)24-2/h3-5,8H,6-7,9-11H2,1-2H3. The Balaban J connectivity index is 1.89. The number of carbonyl (C=O) groups excluding carboxylic acids is 2. The maximum Gasteiger partial charge on any atom is 0.266 e. The minimum atomic E-state index is -3.08. The highest BCUT2D eigenvalue weighted by Gasteiger charge is 2.57. The first-order valence-electron chi connectivity index (χ1n) is 7.83. The van der Waals surface area contributed by atoms with Crippen molar-refractivity contribution >= 4 is 11.8 Å². The molecule has 3 rings (SSSR count). The predicted molar refractivity (Wildman–Crippen MR) is 83.1 cm³/mol. The Hall–Kier alpha value is -2.18. The molecule has 1 aromatic rings. The summed E-state index contributed by atoms with van der Waals surface area (Å²) in [4.78, 5) is 27.7. The second-order valence-electron chi connectivity index (χ2n) is 6.68. The van der Waals surface area contributed by atoms with Crippen LogP contribution in [0.15, 0.2) is 24.3 Å². The molecule has 2 amide bonds. The van der Waals surface area contributed by atoms with Crippen molar-refractivity contribution in [3.05, 3.63) is 29.8 Å². The third-order valence-electron chi connectivity index (χ3n) is 4.84. The van der Waals surface area contributed by atoms with Gasteiger partial charge >= 0.3 is 0 Å². The molecular weight excluding hydrogens is 318 g/mol. The maximum atomic E-state index is 14.3. The van der Waals surface area contributed by atoms with Gasteiger partial charge in [-0.1, -0.05) is 6.07 Å². The molecule has 2 aliphatic heterocycles. The fourth-order valence-electron chi connectivity index (χ4n) is 3.70. The second-order valence-corrected chi connectivity index (χ2v) is 6.68. The minimum absolute atomic E-state index is 0.0296. The van der Waals surface area contributed by atoms with E-state index in [1.54, 1.807) is 25.2 Å². The number of hydrogen-bond donors (Lipinski definition) is 0. The number of amides is 2. The van der Waals surface area contributed by atoms with Gasteiger partial charge in [-0.15, -0.1) is 0 Å². The van der Waals surface area contributed by atoms with Gasteiger partial charge in [0.1, 0.15) is 5.75 Å². The number of nitrogens with zero attached hydrogens (tertiary/aromatic N) is 2. The highest BCUT2D eigenvalue weighted by molar-refractivity contribution is 5.95. The summed E-state index contributed by atoms with van der Waals surface area (Å²) in [5, 5.41) is 0. The third kappa shape index (κ3) is 2.83. The van der Waals surface area contributed by atoms with Crippen LogP contribution in [0.2, 0.25) is 0 Å². The summed E-state index contributed by atoms with van der Waals surface area (Å²) in [6.45, 7) is -0.195. The molecule has 0 radical (unpaired) electrons. The van der Waals surface area contributed by atoms with Crippen molar-refractivity contribution in [2.24, 2.45) is 5.41 Å². The van der Waals surface area contributed by atoms with Gasteiger partial charge in [0.25, 0.3) is 11.8 Å². The highest BCUT2D eigenvalue weighted by atomic mass is 19.3. The Labute approximate surface area is 139 Å². The van der Waals surface area contributed by atoms with Crippen LogP contribution in [0.1, 0.15) is 23.2 Å². The van der Waals surface area contributed by atoms with Crippen LogP contribution in [0.3, 0.4) is 0 Å². The lowest BCUT2D eigenvalue weighted by Crippen LogP contribution is -2.56. The Bertz CT molecular complexity index is 680. The van der Waals surface area contributed by atoms with E-state index in [2.05, 4.69) is 0 Å². The van der Waals surface area contributed by atoms with Gasteiger partial charge in [-0.2, -0.15) is 0 Å². The van der Waals surface area contributed by atoms with Gasteiger partial charge in [0.2, 0.25) is 5.91 Å². The summed E-state index contributed by atoms with van der Waals surface area (Å²) in [7, 11) is 3.08. The van der Waals surface area contributed by atoms with E-state index in [0.717, 1.165) is 4.90 Å². The van der Waals surface area contributed by atoms with E-state index < -0.39 is 30.2 Å². The number of methoxy groups -OCH3 is 1. The smallest absolute Gasteiger partial charge is 0.266 e. The summed E-state index contributed by atoms with van der Waals surface area (Å²) in [6, 6.07) is 6.40. The lowest BCUT2D eigenvalue weighted by Gasteiger charge is -2.42. The largest absolute Gasteiger partial charge is 0.497 e. The van der Waals surface area contributed by atoms with E-state index in [9.17, 15) is 18.4 Å². The molecule has 1 atom stereocenters. The molecule has 0 N–H and O–H groups in total. The zero-order valence-electron chi connectivity index (χ0n) is 13.7. The fraction of sp³-hybridized carbons (Fsp3) is 0.529. The van der Waals surface area contributed by atoms with Crippen molar-refractivity contribution in [2.45, 2.75) is 18.8 Å². The molecular formula is C17H20F2N2O3. The highest BCUT2D eigenvalue weighted by Crippen LogP contribution is 2.45. The average molecular weight is 338 g/mol. The van der Waals surface area contributed by atoms with Crippen LogP contribution in [-0.4, -0.2) is 61.3 Å². The molecule has 1 unspecified atom stereocenters. The molecule has 7 heteroatoms. The topological polar surface area (TPSA) is 49.9 Å². The summed E-state index contributed by atoms with van der Waals surface area (Å²) in [5.74, 6) is -3.40. The Kier molecular flexibility index (Phi) is 3.97. The Morgan fingerprint density at radius 1 is 1.29 bits per heavy atom. The van der Waals surface area contributed by atoms with Crippen molar-refractivity contribution < 1.29 is 23.1 Å². The summed E-state index contributed by atoms with van der Waals surface area (Å²) >= 11 is 0. The number of halogens is 2. The number of ether oxygens (including phenoxy) is 1. The van der Waals surface area contributed by atoms with Crippen LogP contribution in [0.4, 0.5) is 8.78 Å². The van der Waals surface area contributed by atoms with E-state index in [0.29, 0.717) is 18.7 Å². The van der Waals surface area contributed by atoms with E-state index >= 15 is 0 Å². The zero-order chi connectivity index (χ0) is 17.5. The van der Waals surface area contributed by atoms with Crippen molar-refractivity contribution in [3.63, 3.8) is 0 Å². The summed E-state index contributed by atoms with van der Waals surface area (Å²) in [6.07, 6.45) is -0.148. The fourth-order valence-corrected chi connectivity index (χ4v) is 3.70. The number of hydrogen-bond acceptors (Lipinski definition) is 3. The average Bonchev–Trinajstić information content (AvgIpc) is 2.81. The molecule has 0 aromatic heterocycles. The zero-order valence-corrected chi connectivity index (χ0v) is 13.7. The number of alkyl halides is 2. The van der Waals surface area contributed by atoms with Crippen LogP contribution in [0, 0.1) is 5.41 Å². The van der Waals surface area contributed by atoms with Gasteiger partial charge in [-0.3, -0.25) is 9.59 Å². The normalized spacial score (nSPS) is 26.1. The number of rotatable bonds is 2. The molecule has 0 saturated carbocycles. The summed E-state index contributed by atoms with van der Waals surface area (Å²) < 4.78 is 33.6. The lowest BCUT2D eigenvalue weighted by molar-refractivity contribution is -0.150. The van der Waals surface area contributed by atoms with Gasteiger partial charge in [0.05, 0.1) is 19.1 Å². The van der Waals surface area contributed by atoms with Crippen LogP contribution in [0.5, 0.6) is 5.75 Å². The van der Waals surface area contributed by atoms with Crippen LogP contribution >= 0.6 is 0 Å². The molecule has 1 aromatic carbocycles. The van der Waals surface area contributed by atoms with Gasteiger partial charge in [0.15, 0.2) is 0 Å². The third-order valence-corrected chi connectivity index (χ3v) is 4.84. The van der Waals surface area contributed by atoms with E-state index in [4.69, 9.17) is 4.74 Å². The predicted octanol–water partition coefficient (Wildman–Crippen LogP) is 2.02. The van der Waals surface area contributed by atoms with Gasteiger partial charge in [0, 0.05) is 32.1 Å². The molecule has 2 aliphatic rings. The van der Waals surface area contributed by atoms with Crippen molar-refractivity contribution in [2.75, 3.05) is 33.8 Å². The molecule has 2 saturated heterocycles. The second kappa shape index (κ2) is 5.72. The monoisotopic (exact) mass is 338 g/mol. The number of piperidine rings is 1. The quantitative estimate of drug-likeness (QED) is 0.829. The maximum absolute atomic E-state index is 14.3. The van der Waals surface area contributed by atoms with Crippen molar-refractivity contribution in [3.8, 4) is 5.75 Å². The number of benzene rings is 1. The van der Waals surface area contributed by atoms with Gasteiger partial charge in [-0.25, -0.2) is 8.78 Å². The molecule has 5 nitrogen and oxygen atoms in total. The van der Waals surface area contributed by atoms with Crippen LogP contribution < -0.4 is 4.74 Å².